The smallest absolute Gasteiger partial charge is 0.257 e. The Hall–Kier alpha value is -1.84. The summed E-state index contributed by atoms with van der Waals surface area (Å²) >= 11 is 3.10. The predicted octanol–water partition coefficient (Wildman–Crippen LogP) is 1.14. The number of halogens is 1. The second-order valence-corrected chi connectivity index (χ2v) is 6.16. The third-order valence-electron chi connectivity index (χ3n) is 2.34. The van der Waals surface area contributed by atoms with Gasteiger partial charge in [-0.3, -0.25) is 4.79 Å². The Morgan fingerprint density at radius 3 is 2.55 bits per heavy atom. The zero-order valence-corrected chi connectivity index (χ0v) is 12.3. The average molecular weight is 357 g/mol. The molecule has 9 heteroatoms. The van der Waals surface area contributed by atoms with Crippen molar-refractivity contribution in [2.45, 2.75) is 4.90 Å². The molecule has 20 heavy (non-hydrogen) atoms. The number of anilines is 1. The van der Waals surface area contributed by atoms with Crippen molar-refractivity contribution >= 4 is 37.5 Å². The van der Waals surface area contributed by atoms with E-state index in [0.717, 1.165) is 0 Å². The molecule has 0 bridgehead atoms. The van der Waals surface area contributed by atoms with Crippen LogP contribution in [0.3, 0.4) is 0 Å². The molecule has 3 N–H and O–H groups in total. The van der Waals surface area contributed by atoms with Gasteiger partial charge in [0.25, 0.3) is 5.91 Å². The summed E-state index contributed by atoms with van der Waals surface area (Å²) < 4.78 is 22.8. The first kappa shape index (κ1) is 14.6. The van der Waals surface area contributed by atoms with Crippen LogP contribution in [0.5, 0.6) is 0 Å². The minimum absolute atomic E-state index is 0.0546. The maximum absolute atomic E-state index is 11.9. The highest BCUT2D eigenvalue weighted by molar-refractivity contribution is 9.10. The predicted molar refractivity (Wildman–Crippen MR) is 75.5 cm³/mol. The fraction of sp³-hybridized carbons (Fsp3) is 0. The van der Waals surface area contributed by atoms with Crippen LogP contribution >= 0.6 is 15.9 Å². The van der Waals surface area contributed by atoms with Gasteiger partial charge in [0.05, 0.1) is 22.9 Å². The standard InChI is InChI=1S/C11H9BrN4O3S/c12-9-5-8(1-2-10(9)20(13,18)19)16-11(17)7-3-4-14-15-6-7/h1-6H,(H,16,17)(H2,13,18,19). The Balaban J connectivity index is 2.24. The molecule has 0 spiro atoms. The lowest BCUT2D eigenvalue weighted by molar-refractivity contribution is 0.102. The number of hydrogen-bond donors (Lipinski definition) is 2. The van der Waals surface area contributed by atoms with Crippen molar-refractivity contribution < 1.29 is 13.2 Å². The van der Waals surface area contributed by atoms with Gasteiger partial charge in [0, 0.05) is 10.2 Å². The molecular weight excluding hydrogens is 348 g/mol. The normalized spacial score (nSPS) is 11.1. The molecule has 104 valence electrons. The van der Waals surface area contributed by atoms with Crippen LogP contribution in [-0.2, 0) is 10.0 Å². The number of sulfonamides is 1. The number of nitrogens with zero attached hydrogens (tertiary/aromatic N) is 2. The van der Waals surface area contributed by atoms with E-state index >= 15 is 0 Å². The van der Waals surface area contributed by atoms with E-state index in [1.165, 1.54) is 36.7 Å². The van der Waals surface area contributed by atoms with Crippen LogP contribution in [0, 0.1) is 0 Å². The first-order valence-electron chi connectivity index (χ1n) is 5.28. The summed E-state index contributed by atoms with van der Waals surface area (Å²) in [6, 6.07) is 5.71. The zero-order chi connectivity index (χ0) is 14.8. The van der Waals surface area contributed by atoms with Crippen molar-refractivity contribution in [3.05, 3.63) is 46.7 Å². The third-order valence-corrected chi connectivity index (χ3v) is 4.23. The lowest BCUT2D eigenvalue weighted by Crippen LogP contribution is -2.14. The Morgan fingerprint density at radius 1 is 1.25 bits per heavy atom. The molecule has 1 amide bonds. The highest BCUT2D eigenvalue weighted by atomic mass is 79.9. The maximum atomic E-state index is 11.9. The summed E-state index contributed by atoms with van der Waals surface area (Å²) in [5.41, 5.74) is 0.762. The molecule has 0 saturated carbocycles. The van der Waals surface area contributed by atoms with Crippen molar-refractivity contribution in [3.8, 4) is 0 Å². The van der Waals surface area contributed by atoms with Gasteiger partial charge in [-0.25, -0.2) is 13.6 Å². The van der Waals surface area contributed by atoms with E-state index in [4.69, 9.17) is 5.14 Å². The molecule has 7 nitrogen and oxygen atoms in total. The number of aromatic nitrogens is 2. The molecule has 0 saturated heterocycles. The number of hydrogen-bond acceptors (Lipinski definition) is 5. The molecule has 2 aromatic rings. The summed E-state index contributed by atoms with van der Waals surface area (Å²) in [6.07, 6.45) is 2.72. The minimum atomic E-state index is -3.81. The van der Waals surface area contributed by atoms with Crippen LogP contribution in [-0.4, -0.2) is 24.5 Å². The second-order valence-electron chi connectivity index (χ2n) is 3.78. The number of amides is 1. The Labute approximate surface area is 123 Å². The number of nitrogens with two attached hydrogens (primary N) is 1. The number of primary sulfonamides is 1. The monoisotopic (exact) mass is 356 g/mol. The van der Waals surface area contributed by atoms with Gasteiger partial charge in [0.15, 0.2) is 0 Å². The number of carbonyl (C=O) groups excluding carboxylic acids is 1. The topological polar surface area (TPSA) is 115 Å². The van der Waals surface area contributed by atoms with Gasteiger partial charge < -0.3 is 5.32 Å². The molecule has 0 atom stereocenters. The average Bonchev–Trinajstić information content (AvgIpc) is 2.38. The summed E-state index contributed by atoms with van der Waals surface area (Å²) in [6.45, 7) is 0. The molecule has 1 heterocycles. The highest BCUT2D eigenvalue weighted by Crippen LogP contribution is 2.24. The fourth-order valence-electron chi connectivity index (χ4n) is 1.44. The summed E-state index contributed by atoms with van der Waals surface area (Å²) in [7, 11) is -3.81. The van der Waals surface area contributed by atoms with Gasteiger partial charge in [0.1, 0.15) is 0 Å². The first-order valence-corrected chi connectivity index (χ1v) is 7.62. The number of rotatable bonds is 3. The molecule has 1 aromatic carbocycles. The van der Waals surface area contributed by atoms with Crippen LogP contribution in [0.4, 0.5) is 5.69 Å². The van der Waals surface area contributed by atoms with Crippen LogP contribution in [0.25, 0.3) is 0 Å². The van der Waals surface area contributed by atoms with E-state index in [-0.39, 0.29) is 15.3 Å². The van der Waals surface area contributed by atoms with Gasteiger partial charge in [-0.1, -0.05) is 0 Å². The SMILES string of the molecule is NS(=O)(=O)c1ccc(NC(=O)c2ccnnc2)cc1Br. The van der Waals surface area contributed by atoms with E-state index in [0.29, 0.717) is 11.3 Å². The molecular formula is C11H9BrN4O3S. The molecule has 0 aliphatic heterocycles. The van der Waals surface area contributed by atoms with E-state index < -0.39 is 10.0 Å². The Morgan fingerprint density at radius 2 is 2.00 bits per heavy atom. The molecule has 0 fully saturated rings. The van der Waals surface area contributed by atoms with Gasteiger partial charge in [0.2, 0.25) is 10.0 Å². The number of benzene rings is 1. The Bertz CT molecular complexity index is 750. The molecule has 0 aliphatic rings. The van der Waals surface area contributed by atoms with Crippen molar-refractivity contribution in [2.75, 3.05) is 5.32 Å². The number of nitrogens with one attached hydrogen (secondary N) is 1. The van der Waals surface area contributed by atoms with E-state index in [1.54, 1.807) is 0 Å². The highest BCUT2D eigenvalue weighted by Gasteiger charge is 2.14. The van der Waals surface area contributed by atoms with Crippen LogP contribution < -0.4 is 10.5 Å². The van der Waals surface area contributed by atoms with Crippen molar-refractivity contribution in [3.63, 3.8) is 0 Å². The van der Waals surface area contributed by atoms with Crippen LogP contribution in [0.2, 0.25) is 0 Å². The largest absolute Gasteiger partial charge is 0.322 e. The summed E-state index contributed by atoms with van der Waals surface area (Å²) in [4.78, 5) is 11.8. The lowest BCUT2D eigenvalue weighted by Gasteiger charge is -2.07. The van der Waals surface area contributed by atoms with Crippen LogP contribution in [0.15, 0.2) is 46.0 Å². The Kier molecular flexibility index (Phi) is 4.12. The van der Waals surface area contributed by atoms with Gasteiger partial charge in [-0.05, 0) is 40.2 Å². The molecule has 2 rings (SSSR count). The maximum Gasteiger partial charge on any atom is 0.257 e. The zero-order valence-electron chi connectivity index (χ0n) is 9.95. The summed E-state index contributed by atoms with van der Waals surface area (Å²) in [5.74, 6) is -0.379. The molecule has 0 unspecified atom stereocenters. The van der Waals surface area contributed by atoms with E-state index in [9.17, 15) is 13.2 Å². The quantitative estimate of drug-likeness (QED) is 0.855. The fourth-order valence-corrected chi connectivity index (χ4v) is 3.08. The number of carbonyl (C=O) groups is 1. The molecule has 0 radical (unpaired) electrons. The van der Waals surface area contributed by atoms with Crippen LogP contribution in [0.1, 0.15) is 10.4 Å². The van der Waals surface area contributed by atoms with Gasteiger partial charge >= 0.3 is 0 Å². The van der Waals surface area contributed by atoms with Gasteiger partial charge in [-0.15, -0.1) is 0 Å². The van der Waals surface area contributed by atoms with E-state index in [2.05, 4.69) is 31.4 Å². The van der Waals surface area contributed by atoms with E-state index in [1.807, 2.05) is 0 Å². The first-order chi connectivity index (χ1) is 9.38. The lowest BCUT2D eigenvalue weighted by atomic mass is 10.2. The molecule has 1 aromatic heterocycles. The van der Waals surface area contributed by atoms with Crippen molar-refractivity contribution in [2.24, 2.45) is 5.14 Å². The minimum Gasteiger partial charge on any atom is -0.322 e. The third kappa shape index (κ3) is 3.38. The summed E-state index contributed by atoms with van der Waals surface area (Å²) in [5, 5.41) is 14.8. The van der Waals surface area contributed by atoms with Crippen molar-refractivity contribution in [1.29, 1.82) is 0 Å². The molecule has 0 aliphatic carbocycles. The second kappa shape index (κ2) is 5.65. The van der Waals surface area contributed by atoms with Crippen molar-refractivity contribution in [1.82, 2.24) is 10.2 Å². The van der Waals surface area contributed by atoms with Gasteiger partial charge in [-0.2, -0.15) is 10.2 Å².